The van der Waals surface area contributed by atoms with E-state index in [-0.39, 0.29) is 0 Å². The first-order valence-corrected chi connectivity index (χ1v) is 11.7. The summed E-state index contributed by atoms with van der Waals surface area (Å²) < 4.78 is 32.9. The van der Waals surface area contributed by atoms with Gasteiger partial charge >= 0.3 is 0 Å². The van der Waals surface area contributed by atoms with Gasteiger partial charge in [-0.25, -0.2) is 4.21 Å². The van der Waals surface area contributed by atoms with Crippen molar-refractivity contribution in [2.24, 2.45) is 0 Å². The molecule has 144 valence electrons. The molecule has 2 aromatic rings. The number of nitrogens with zero attached hydrogens (tertiary/aromatic N) is 2. The van der Waals surface area contributed by atoms with E-state index in [1.165, 1.54) is 0 Å². The number of hydrogen-bond acceptors (Lipinski definition) is 5. The van der Waals surface area contributed by atoms with Crippen LogP contribution in [-0.2, 0) is 21.8 Å². The van der Waals surface area contributed by atoms with Crippen molar-refractivity contribution >= 4 is 33.2 Å². The normalized spacial score (nSPS) is 19.1. The van der Waals surface area contributed by atoms with Gasteiger partial charge in [0.05, 0.1) is 22.8 Å². The van der Waals surface area contributed by atoms with E-state index in [2.05, 4.69) is 16.3 Å². The van der Waals surface area contributed by atoms with Gasteiger partial charge in [0.2, 0.25) is 0 Å². The van der Waals surface area contributed by atoms with Gasteiger partial charge in [0.1, 0.15) is 6.61 Å². The van der Waals surface area contributed by atoms with Gasteiger partial charge < -0.3 is 15.0 Å². The summed E-state index contributed by atoms with van der Waals surface area (Å²) in [5.41, 5.74) is 1.90. The minimum absolute atomic E-state index is 0.487. The maximum absolute atomic E-state index is 13.3. The standard InChI is InChI=1S/C19H23N3O3S2/c1-26(23)15-4-2-5-16(14-15)27(24)22-12-13-25-19-17(6-3-7-18(19)22)21-10-8-20-9-11-21/h2-7,14,20H,8-13H2,1H3. The zero-order valence-electron chi connectivity index (χ0n) is 15.2. The maximum Gasteiger partial charge on any atom is 0.166 e. The summed E-state index contributed by atoms with van der Waals surface area (Å²) in [5.74, 6) is 0.800. The Balaban J connectivity index is 1.68. The monoisotopic (exact) mass is 405 g/mol. The fourth-order valence-corrected chi connectivity index (χ4v) is 5.30. The first kappa shape index (κ1) is 18.5. The van der Waals surface area contributed by atoms with Crippen LogP contribution in [0.1, 0.15) is 0 Å². The van der Waals surface area contributed by atoms with Crippen molar-refractivity contribution in [1.29, 1.82) is 0 Å². The van der Waals surface area contributed by atoms with Gasteiger partial charge in [-0.3, -0.25) is 8.51 Å². The van der Waals surface area contributed by atoms with Crippen molar-refractivity contribution in [3.05, 3.63) is 42.5 Å². The highest BCUT2D eigenvalue weighted by Crippen LogP contribution is 2.41. The molecule has 2 atom stereocenters. The van der Waals surface area contributed by atoms with Gasteiger partial charge in [0.15, 0.2) is 16.7 Å². The summed E-state index contributed by atoms with van der Waals surface area (Å²) in [5, 5.41) is 3.36. The lowest BCUT2D eigenvalue weighted by Crippen LogP contribution is -2.44. The van der Waals surface area contributed by atoms with Crippen LogP contribution in [0.3, 0.4) is 0 Å². The van der Waals surface area contributed by atoms with E-state index in [0.29, 0.717) is 22.9 Å². The van der Waals surface area contributed by atoms with Crippen molar-refractivity contribution in [3.8, 4) is 5.75 Å². The number of anilines is 2. The molecule has 0 bridgehead atoms. The molecule has 2 aromatic carbocycles. The Morgan fingerprint density at radius 3 is 2.44 bits per heavy atom. The molecule has 1 fully saturated rings. The summed E-state index contributed by atoms with van der Waals surface area (Å²) in [6, 6.07) is 13.2. The Hall–Kier alpha value is -1.90. The number of nitrogens with one attached hydrogen (secondary N) is 1. The zero-order valence-corrected chi connectivity index (χ0v) is 16.9. The summed E-state index contributed by atoms with van der Waals surface area (Å²) in [4.78, 5) is 3.65. The second kappa shape index (κ2) is 8.00. The molecule has 0 aliphatic carbocycles. The molecule has 1 saturated heterocycles. The van der Waals surface area contributed by atoms with E-state index in [4.69, 9.17) is 4.74 Å². The summed E-state index contributed by atoms with van der Waals surface area (Å²) in [6.07, 6.45) is 1.63. The van der Waals surface area contributed by atoms with E-state index >= 15 is 0 Å². The van der Waals surface area contributed by atoms with E-state index < -0.39 is 21.8 Å². The minimum Gasteiger partial charge on any atom is -0.487 e. The number of benzene rings is 2. The number of ether oxygens (including phenoxy) is 1. The highest BCUT2D eigenvalue weighted by molar-refractivity contribution is 7.86. The highest BCUT2D eigenvalue weighted by Gasteiger charge is 2.28. The number of rotatable bonds is 4. The van der Waals surface area contributed by atoms with Gasteiger partial charge in [0, 0.05) is 48.1 Å². The second-order valence-electron chi connectivity index (χ2n) is 6.49. The molecule has 0 radical (unpaired) electrons. The quantitative estimate of drug-likeness (QED) is 0.840. The summed E-state index contributed by atoms with van der Waals surface area (Å²) >= 11 is 0. The smallest absolute Gasteiger partial charge is 0.166 e. The van der Waals surface area contributed by atoms with E-state index in [1.807, 2.05) is 28.6 Å². The van der Waals surface area contributed by atoms with Crippen LogP contribution in [0.4, 0.5) is 11.4 Å². The molecule has 27 heavy (non-hydrogen) atoms. The fraction of sp³-hybridized carbons (Fsp3) is 0.368. The van der Waals surface area contributed by atoms with Gasteiger partial charge in [-0.1, -0.05) is 12.1 Å². The van der Waals surface area contributed by atoms with Crippen LogP contribution < -0.4 is 19.3 Å². The zero-order chi connectivity index (χ0) is 18.8. The largest absolute Gasteiger partial charge is 0.487 e. The Morgan fingerprint density at radius 2 is 1.67 bits per heavy atom. The lowest BCUT2D eigenvalue weighted by molar-refractivity contribution is 0.316. The Labute approximate surface area is 164 Å². The van der Waals surface area contributed by atoms with Crippen LogP contribution in [0.2, 0.25) is 0 Å². The Morgan fingerprint density at radius 1 is 0.963 bits per heavy atom. The third-order valence-electron chi connectivity index (χ3n) is 4.78. The topological polar surface area (TPSA) is 61.9 Å². The predicted molar refractivity (Wildman–Crippen MR) is 110 cm³/mol. The average molecular weight is 406 g/mol. The van der Waals surface area contributed by atoms with Crippen LogP contribution in [-0.4, -0.2) is 54.0 Å². The Bertz CT molecular complexity index is 884. The number of piperazine rings is 1. The van der Waals surface area contributed by atoms with Crippen LogP contribution in [0.15, 0.2) is 52.3 Å². The molecular weight excluding hydrogens is 382 g/mol. The molecule has 1 N–H and O–H groups in total. The van der Waals surface area contributed by atoms with Crippen molar-refractivity contribution in [1.82, 2.24) is 5.32 Å². The third kappa shape index (κ3) is 3.74. The molecule has 2 aliphatic heterocycles. The molecule has 2 heterocycles. The first-order valence-electron chi connectivity index (χ1n) is 8.99. The molecule has 6 nitrogen and oxygen atoms in total. The molecule has 0 aromatic heterocycles. The molecule has 2 aliphatic rings. The fourth-order valence-electron chi connectivity index (χ4n) is 3.42. The number of fused-ring (bicyclic) bond motifs is 1. The molecule has 2 unspecified atom stereocenters. The summed E-state index contributed by atoms with van der Waals surface area (Å²) in [6.45, 7) is 4.77. The molecule has 4 rings (SSSR count). The Kier molecular flexibility index (Phi) is 5.47. The van der Waals surface area contributed by atoms with Gasteiger partial charge in [0.25, 0.3) is 0 Å². The predicted octanol–water partition coefficient (Wildman–Crippen LogP) is 1.76. The van der Waals surface area contributed by atoms with E-state index in [9.17, 15) is 8.42 Å². The number of hydrogen-bond donors (Lipinski definition) is 1. The summed E-state index contributed by atoms with van der Waals surface area (Å²) in [7, 11) is -2.49. The van der Waals surface area contributed by atoms with E-state index in [0.717, 1.165) is 43.3 Å². The number of para-hydroxylation sites is 1. The van der Waals surface area contributed by atoms with E-state index in [1.54, 1.807) is 18.4 Å². The average Bonchev–Trinajstić information content (AvgIpc) is 2.73. The lowest BCUT2D eigenvalue weighted by Gasteiger charge is -2.35. The molecule has 8 heteroatoms. The molecule has 0 saturated carbocycles. The van der Waals surface area contributed by atoms with Gasteiger partial charge in [-0.15, -0.1) is 0 Å². The lowest BCUT2D eigenvalue weighted by atomic mass is 10.2. The van der Waals surface area contributed by atoms with Gasteiger partial charge in [-0.05, 0) is 30.3 Å². The second-order valence-corrected chi connectivity index (χ2v) is 9.28. The maximum atomic E-state index is 13.3. The van der Waals surface area contributed by atoms with Crippen LogP contribution in [0.25, 0.3) is 0 Å². The van der Waals surface area contributed by atoms with Crippen molar-refractivity contribution in [2.75, 3.05) is 54.8 Å². The molecular formula is C19H23N3O3S2. The van der Waals surface area contributed by atoms with Crippen molar-refractivity contribution in [2.45, 2.75) is 9.79 Å². The van der Waals surface area contributed by atoms with Crippen LogP contribution in [0, 0.1) is 0 Å². The molecule has 0 spiro atoms. The first-order chi connectivity index (χ1) is 13.1. The molecule has 0 amide bonds. The highest BCUT2D eigenvalue weighted by atomic mass is 32.2. The van der Waals surface area contributed by atoms with Crippen LogP contribution >= 0.6 is 0 Å². The third-order valence-corrected chi connectivity index (χ3v) is 7.13. The minimum atomic E-state index is -1.38. The SMILES string of the molecule is CS(=O)c1cccc(S(=O)N2CCOc3c(N4CCNCC4)cccc32)c1. The van der Waals surface area contributed by atoms with Crippen molar-refractivity contribution in [3.63, 3.8) is 0 Å². The van der Waals surface area contributed by atoms with Gasteiger partial charge in [-0.2, -0.15) is 0 Å². The van der Waals surface area contributed by atoms with Crippen LogP contribution in [0.5, 0.6) is 5.75 Å². The van der Waals surface area contributed by atoms with Crippen molar-refractivity contribution < 1.29 is 13.2 Å².